The minimum Gasteiger partial charge on any atom is -0.593 e. The predicted molar refractivity (Wildman–Crippen MR) is 86.8 cm³/mol. The van der Waals surface area contributed by atoms with E-state index in [9.17, 15) is 13.7 Å². The summed E-state index contributed by atoms with van der Waals surface area (Å²) in [6.07, 6.45) is 0.980. The minimum absolute atomic E-state index is 0.0197. The molecule has 0 aliphatic carbocycles. The summed E-state index contributed by atoms with van der Waals surface area (Å²) in [6.45, 7) is 6.66. The molecule has 1 aromatic rings. The van der Waals surface area contributed by atoms with Crippen molar-refractivity contribution in [2.75, 3.05) is 13.1 Å². The number of nitrogens with one attached hydrogen (secondary N) is 1. The molecule has 1 N–H and O–H groups in total. The molecule has 0 aromatic heterocycles. The van der Waals surface area contributed by atoms with Crippen molar-refractivity contribution < 1.29 is 18.5 Å². The van der Waals surface area contributed by atoms with Gasteiger partial charge in [0, 0.05) is 19.1 Å². The van der Waals surface area contributed by atoms with E-state index in [0.717, 1.165) is 0 Å². The second-order valence-corrected chi connectivity index (χ2v) is 8.04. The summed E-state index contributed by atoms with van der Waals surface area (Å²) in [7, 11) is 0. The van der Waals surface area contributed by atoms with Gasteiger partial charge in [0.05, 0.1) is 11.4 Å². The third-order valence-corrected chi connectivity index (χ3v) is 4.93. The fraction of sp³-hybridized carbons (Fsp3) is 0.562. The van der Waals surface area contributed by atoms with E-state index in [1.54, 1.807) is 0 Å². The van der Waals surface area contributed by atoms with Crippen molar-refractivity contribution in [3.8, 4) is 0 Å². The Bertz CT molecular complexity index is 525. The summed E-state index contributed by atoms with van der Waals surface area (Å²) in [5.41, 5.74) is -0.519. The highest BCUT2D eigenvalue weighted by molar-refractivity contribution is 7.89. The molecular weight excluding hydrogens is 319 g/mol. The van der Waals surface area contributed by atoms with Crippen LogP contribution in [0, 0.1) is 5.82 Å². The van der Waals surface area contributed by atoms with Crippen LogP contribution in [-0.2, 0) is 16.1 Å². The minimum atomic E-state index is -1.30. The number of nitrogens with zero attached hydrogens (tertiary/aromatic N) is 1. The first-order chi connectivity index (χ1) is 10.7. The second kappa shape index (κ2) is 7.51. The molecule has 0 spiro atoms. The van der Waals surface area contributed by atoms with Crippen LogP contribution in [0.3, 0.4) is 0 Å². The average Bonchev–Trinajstić information content (AvgIpc) is 2.46. The van der Waals surface area contributed by atoms with Crippen LogP contribution in [0.1, 0.15) is 33.6 Å². The highest BCUT2D eigenvalue weighted by atomic mass is 32.2. The zero-order chi connectivity index (χ0) is 17.0. The van der Waals surface area contributed by atoms with Gasteiger partial charge >= 0.3 is 6.09 Å². The number of alkyl carbamates (subject to hydrolysis) is 1. The molecule has 7 heteroatoms. The van der Waals surface area contributed by atoms with E-state index < -0.39 is 23.1 Å². The summed E-state index contributed by atoms with van der Waals surface area (Å²) in [4.78, 5) is 12.3. The molecule has 23 heavy (non-hydrogen) atoms. The SMILES string of the molecule is CC(C)(C)OC(=O)NC1CCN([S+]([O-])c2ccc(F)cc2)CC1. The zero-order valence-corrected chi connectivity index (χ0v) is 14.5. The summed E-state index contributed by atoms with van der Waals surface area (Å²) in [6, 6.07) is 5.72. The predicted octanol–water partition coefficient (Wildman–Crippen LogP) is 2.84. The second-order valence-electron chi connectivity index (χ2n) is 6.55. The van der Waals surface area contributed by atoms with Crippen LogP contribution in [0.15, 0.2) is 29.2 Å². The van der Waals surface area contributed by atoms with Crippen molar-refractivity contribution in [3.05, 3.63) is 30.1 Å². The molecule has 1 heterocycles. The van der Waals surface area contributed by atoms with Crippen LogP contribution in [-0.4, -0.2) is 39.7 Å². The Morgan fingerprint density at radius 2 is 1.87 bits per heavy atom. The Morgan fingerprint density at radius 1 is 1.30 bits per heavy atom. The van der Waals surface area contributed by atoms with Crippen molar-refractivity contribution in [1.82, 2.24) is 9.62 Å². The van der Waals surface area contributed by atoms with Gasteiger partial charge in [-0.1, -0.05) is 0 Å². The standard InChI is InChI=1S/C16H23FN2O3S/c1-16(2,3)22-15(20)18-13-8-10-19(11-9-13)23(21)14-6-4-12(17)5-7-14/h4-7,13H,8-11H2,1-3H3,(H,18,20). The number of piperidine rings is 1. The fourth-order valence-corrected chi connectivity index (χ4v) is 3.55. The molecule has 2 rings (SSSR count). The van der Waals surface area contributed by atoms with Crippen molar-refractivity contribution in [1.29, 1.82) is 0 Å². The molecule has 0 saturated carbocycles. The Hall–Kier alpha value is -1.31. The zero-order valence-electron chi connectivity index (χ0n) is 13.7. The van der Waals surface area contributed by atoms with Gasteiger partial charge in [0.2, 0.25) is 0 Å². The Labute approximate surface area is 139 Å². The molecule has 1 atom stereocenters. The number of ether oxygens (including phenoxy) is 1. The molecule has 1 saturated heterocycles. The number of amides is 1. The highest BCUT2D eigenvalue weighted by Gasteiger charge is 2.30. The van der Waals surface area contributed by atoms with Crippen LogP contribution in [0.5, 0.6) is 0 Å². The van der Waals surface area contributed by atoms with E-state index in [0.29, 0.717) is 30.8 Å². The van der Waals surface area contributed by atoms with Crippen LogP contribution in [0.4, 0.5) is 9.18 Å². The molecule has 1 unspecified atom stereocenters. The molecule has 128 valence electrons. The van der Waals surface area contributed by atoms with Crippen LogP contribution < -0.4 is 5.32 Å². The molecular formula is C16H23FN2O3S. The van der Waals surface area contributed by atoms with Gasteiger partial charge in [0.1, 0.15) is 11.4 Å². The topological polar surface area (TPSA) is 64.6 Å². The summed E-state index contributed by atoms with van der Waals surface area (Å²) in [5.74, 6) is -0.342. The number of carbonyl (C=O) groups is 1. The lowest BCUT2D eigenvalue weighted by Gasteiger charge is -2.32. The van der Waals surface area contributed by atoms with Gasteiger partial charge in [-0.3, -0.25) is 0 Å². The van der Waals surface area contributed by atoms with E-state index >= 15 is 0 Å². The molecule has 1 aromatic carbocycles. The lowest BCUT2D eigenvalue weighted by Crippen LogP contribution is -2.47. The first-order valence-electron chi connectivity index (χ1n) is 7.66. The van der Waals surface area contributed by atoms with Gasteiger partial charge in [-0.2, -0.15) is 0 Å². The lowest BCUT2D eigenvalue weighted by atomic mass is 10.1. The molecule has 0 bridgehead atoms. The maximum atomic E-state index is 12.9. The first kappa shape index (κ1) is 18.0. The fourth-order valence-electron chi connectivity index (χ4n) is 2.34. The largest absolute Gasteiger partial charge is 0.593 e. The van der Waals surface area contributed by atoms with Crippen molar-refractivity contribution in [2.45, 2.75) is 50.2 Å². The quantitative estimate of drug-likeness (QED) is 0.858. The lowest BCUT2D eigenvalue weighted by molar-refractivity contribution is 0.0489. The molecule has 5 nitrogen and oxygen atoms in total. The molecule has 1 aliphatic heterocycles. The van der Waals surface area contributed by atoms with Crippen molar-refractivity contribution in [2.24, 2.45) is 0 Å². The highest BCUT2D eigenvalue weighted by Crippen LogP contribution is 2.21. The smallest absolute Gasteiger partial charge is 0.407 e. The van der Waals surface area contributed by atoms with E-state index in [-0.39, 0.29) is 11.9 Å². The maximum Gasteiger partial charge on any atom is 0.407 e. The monoisotopic (exact) mass is 342 g/mol. The third kappa shape index (κ3) is 5.67. The van der Waals surface area contributed by atoms with Crippen LogP contribution in [0.25, 0.3) is 0 Å². The van der Waals surface area contributed by atoms with E-state index in [1.807, 2.05) is 25.1 Å². The van der Waals surface area contributed by atoms with Gasteiger partial charge in [-0.25, -0.2) is 9.18 Å². The molecule has 1 fully saturated rings. The van der Waals surface area contributed by atoms with E-state index in [2.05, 4.69) is 5.32 Å². The molecule has 1 amide bonds. The van der Waals surface area contributed by atoms with E-state index in [4.69, 9.17) is 4.74 Å². The number of carbonyl (C=O) groups excluding carboxylic acids is 1. The molecule has 0 radical (unpaired) electrons. The van der Waals surface area contributed by atoms with E-state index in [1.165, 1.54) is 24.3 Å². The number of rotatable bonds is 3. The van der Waals surface area contributed by atoms with Gasteiger partial charge in [-0.15, -0.1) is 4.31 Å². The Morgan fingerprint density at radius 3 is 2.39 bits per heavy atom. The summed E-state index contributed by atoms with van der Waals surface area (Å²) < 4.78 is 32.4. The van der Waals surface area contributed by atoms with Gasteiger partial charge in [0.25, 0.3) is 0 Å². The summed E-state index contributed by atoms with van der Waals surface area (Å²) in [5, 5.41) is 2.85. The Kier molecular flexibility index (Phi) is 5.89. The number of hydrogen-bond acceptors (Lipinski definition) is 4. The maximum absolute atomic E-state index is 12.9. The van der Waals surface area contributed by atoms with Crippen LogP contribution in [0.2, 0.25) is 0 Å². The third-order valence-electron chi connectivity index (χ3n) is 3.42. The first-order valence-corrected chi connectivity index (χ1v) is 8.77. The molecule has 1 aliphatic rings. The van der Waals surface area contributed by atoms with Crippen molar-refractivity contribution in [3.63, 3.8) is 0 Å². The van der Waals surface area contributed by atoms with Gasteiger partial charge < -0.3 is 14.6 Å². The Balaban J connectivity index is 1.81. The number of hydrogen-bond donors (Lipinski definition) is 1. The number of halogens is 1. The van der Waals surface area contributed by atoms with Gasteiger partial charge in [0.15, 0.2) is 4.90 Å². The summed E-state index contributed by atoms with van der Waals surface area (Å²) >= 11 is -1.30. The average molecular weight is 342 g/mol. The van der Waals surface area contributed by atoms with Crippen molar-refractivity contribution >= 4 is 17.5 Å². The van der Waals surface area contributed by atoms with Crippen LogP contribution >= 0.6 is 0 Å². The number of benzene rings is 1. The normalized spacial score (nSPS) is 18.5. The van der Waals surface area contributed by atoms with Gasteiger partial charge in [-0.05, 0) is 57.9 Å².